The molecule has 7 heteroatoms. The van der Waals surface area contributed by atoms with Gasteiger partial charge in [-0.2, -0.15) is 0 Å². The molecule has 6 nitrogen and oxygen atoms in total. The van der Waals surface area contributed by atoms with Gasteiger partial charge in [-0.15, -0.1) is 0 Å². The number of hydrogen-bond donors (Lipinski definition) is 0. The third-order valence-corrected chi connectivity index (χ3v) is 5.63. The molecule has 0 bridgehead atoms. The van der Waals surface area contributed by atoms with Crippen LogP contribution in [0.1, 0.15) is 11.1 Å². The number of benzene rings is 2. The van der Waals surface area contributed by atoms with Gasteiger partial charge in [-0.25, -0.2) is 0 Å². The molecule has 6 rings (SSSR count). The molecular formula is C28H26IrN6. The number of rotatable bonds is 4. The number of fused-ring (bicyclic) bond motifs is 2. The van der Waals surface area contributed by atoms with Crippen LogP contribution in [-0.2, 0) is 47.3 Å². The summed E-state index contributed by atoms with van der Waals surface area (Å²) in [5.74, 6) is 0. The van der Waals surface area contributed by atoms with Crippen LogP contribution in [0.5, 0.6) is 0 Å². The fraction of sp³-hybridized carbons (Fsp3) is 0.143. The molecule has 35 heavy (non-hydrogen) atoms. The summed E-state index contributed by atoms with van der Waals surface area (Å²) in [5.41, 5.74) is 4.57. The standard InChI is InChI=1S/2C14H13N3.Ir/c2*1-16-8-9-17(11-16)10-13-5-2-4-12-6-3-7-15-14(12)13;/h2*2-9H,10H2,1H3;. The fourth-order valence-electron chi connectivity index (χ4n) is 4.03. The molecule has 0 unspecified atom stereocenters. The van der Waals surface area contributed by atoms with E-state index < -0.39 is 0 Å². The van der Waals surface area contributed by atoms with Gasteiger partial charge in [0, 0.05) is 54.4 Å². The van der Waals surface area contributed by atoms with Crippen molar-refractivity contribution >= 4 is 21.8 Å². The van der Waals surface area contributed by atoms with Gasteiger partial charge in [0.25, 0.3) is 0 Å². The smallest absolute Gasteiger partial charge is 0.203 e. The molecule has 4 heterocycles. The van der Waals surface area contributed by atoms with E-state index in [1.54, 1.807) is 0 Å². The molecule has 1 radical (unpaired) electrons. The van der Waals surface area contributed by atoms with Gasteiger partial charge in [0.2, 0.25) is 12.7 Å². The number of imidazole rings is 2. The van der Waals surface area contributed by atoms with Crippen LogP contribution in [0.2, 0.25) is 0 Å². The van der Waals surface area contributed by atoms with E-state index in [1.165, 1.54) is 21.9 Å². The van der Waals surface area contributed by atoms with Crippen LogP contribution in [0.25, 0.3) is 21.8 Å². The molecule has 6 aromatic rings. The number of nitrogens with zero attached hydrogens (tertiary/aromatic N) is 6. The van der Waals surface area contributed by atoms with Crippen molar-refractivity contribution < 1.29 is 29.2 Å². The van der Waals surface area contributed by atoms with Gasteiger partial charge in [-0.3, -0.25) is 9.97 Å². The zero-order chi connectivity index (χ0) is 23.3. The maximum Gasteiger partial charge on any atom is 0.203 e. The van der Waals surface area contributed by atoms with E-state index in [4.69, 9.17) is 0 Å². The minimum atomic E-state index is 0. The van der Waals surface area contributed by atoms with Crippen molar-refractivity contribution in [2.45, 2.75) is 13.1 Å². The summed E-state index contributed by atoms with van der Waals surface area (Å²) in [6.07, 6.45) is 18.1. The van der Waals surface area contributed by atoms with Crippen molar-refractivity contribution in [3.63, 3.8) is 0 Å². The first-order valence-corrected chi connectivity index (χ1v) is 11.2. The topological polar surface area (TPSA) is 43.4 Å². The van der Waals surface area contributed by atoms with E-state index in [0.717, 1.165) is 24.1 Å². The number of aromatic nitrogens is 6. The largest absolute Gasteiger partial charge is 0.354 e. The Morgan fingerprint density at radius 2 is 1.09 bits per heavy atom. The Labute approximate surface area is 218 Å². The molecule has 2 aromatic carbocycles. The van der Waals surface area contributed by atoms with E-state index in [-0.39, 0.29) is 20.1 Å². The SMILES string of the molecule is C[n+]1[c-]n(Cc2cccc3cccnc23)cc1.C[n+]1[c-]n(Cc2cccc3cccnc23)cc1.[Ir]. The zero-order valence-electron chi connectivity index (χ0n) is 19.7. The molecule has 0 amide bonds. The molecule has 0 atom stereocenters. The van der Waals surface area contributed by atoms with Crippen LogP contribution in [0.3, 0.4) is 0 Å². The molecule has 0 N–H and O–H groups in total. The van der Waals surface area contributed by atoms with Crippen LogP contribution < -0.4 is 9.13 Å². The minimum Gasteiger partial charge on any atom is -0.354 e. The average Bonchev–Trinajstić information content (AvgIpc) is 3.47. The molecular weight excluding hydrogens is 613 g/mol. The van der Waals surface area contributed by atoms with Crippen LogP contribution in [0.4, 0.5) is 0 Å². The van der Waals surface area contributed by atoms with Crippen LogP contribution >= 0.6 is 0 Å². The number of para-hydroxylation sites is 2. The number of hydrogen-bond acceptors (Lipinski definition) is 2. The molecule has 177 valence electrons. The van der Waals surface area contributed by atoms with E-state index in [1.807, 2.05) is 81.7 Å². The molecule has 0 aliphatic rings. The third kappa shape index (κ3) is 5.88. The Balaban J connectivity index is 0.000000160. The first kappa shape index (κ1) is 24.5. The maximum atomic E-state index is 4.45. The fourth-order valence-corrected chi connectivity index (χ4v) is 4.03. The molecule has 0 spiro atoms. The first-order valence-electron chi connectivity index (χ1n) is 11.2. The predicted molar refractivity (Wildman–Crippen MR) is 131 cm³/mol. The van der Waals surface area contributed by atoms with Crippen molar-refractivity contribution in [2.75, 3.05) is 0 Å². The molecule has 4 aromatic heterocycles. The van der Waals surface area contributed by atoms with E-state index in [0.29, 0.717) is 0 Å². The van der Waals surface area contributed by atoms with E-state index >= 15 is 0 Å². The maximum absolute atomic E-state index is 4.45. The summed E-state index contributed by atoms with van der Waals surface area (Å²) < 4.78 is 7.89. The molecule has 0 saturated heterocycles. The number of aryl methyl sites for hydroxylation is 2. The van der Waals surface area contributed by atoms with Gasteiger partial charge in [-0.1, -0.05) is 48.5 Å². The summed E-state index contributed by atoms with van der Waals surface area (Å²) in [7, 11) is 3.94. The Bertz CT molecular complexity index is 1420. The van der Waals surface area contributed by atoms with E-state index in [9.17, 15) is 0 Å². The van der Waals surface area contributed by atoms with Crippen molar-refractivity contribution in [1.82, 2.24) is 19.1 Å². The van der Waals surface area contributed by atoms with Gasteiger partial charge in [-0.05, 0) is 36.9 Å². The van der Waals surface area contributed by atoms with Gasteiger partial charge < -0.3 is 18.3 Å². The molecule has 0 saturated carbocycles. The monoisotopic (exact) mass is 639 g/mol. The van der Waals surface area contributed by atoms with Crippen molar-refractivity contribution in [3.05, 3.63) is 122 Å². The molecule has 0 aliphatic heterocycles. The van der Waals surface area contributed by atoms with Crippen molar-refractivity contribution in [2.24, 2.45) is 14.1 Å². The second-order valence-corrected chi connectivity index (χ2v) is 8.26. The second kappa shape index (κ2) is 11.2. The Morgan fingerprint density at radius 1 is 0.657 bits per heavy atom. The van der Waals surface area contributed by atoms with Gasteiger partial charge >= 0.3 is 0 Å². The molecule has 0 fully saturated rings. The average molecular weight is 639 g/mol. The van der Waals surface area contributed by atoms with Crippen molar-refractivity contribution in [3.8, 4) is 0 Å². The summed E-state index contributed by atoms with van der Waals surface area (Å²) in [4.78, 5) is 8.90. The third-order valence-electron chi connectivity index (χ3n) is 5.63. The zero-order valence-corrected chi connectivity index (χ0v) is 22.1. The summed E-state index contributed by atoms with van der Waals surface area (Å²) in [6, 6.07) is 20.7. The van der Waals surface area contributed by atoms with Crippen molar-refractivity contribution in [1.29, 1.82) is 0 Å². The summed E-state index contributed by atoms with van der Waals surface area (Å²) in [5, 5.41) is 2.36. The Morgan fingerprint density at radius 3 is 1.49 bits per heavy atom. The normalized spacial score (nSPS) is 10.6. The van der Waals surface area contributed by atoms with E-state index in [2.05, 4.69) is 71.2 Å². The minimum absolute atomic E-state index is 0. The number of pyridine rings is 2. The Hall–Kier alpha value is -3.67. The van der Waals surface area contributed by atoms with Gasteiger partial charge in [0.05, 0.1) is 38.2 Å². The molecule has 0 aliphatic carbocycles. The van der Waals surface area contributed by atoms with Gasteiger partial charge in [0.1, 0.15) is 0 Å². The first-order chi connectivity index (χ1) is 16.7. The predicted octanol–water partition coefficient (Wildman–Crippen LogP) is 3.42. The summed E-state index contributed by atoms with van der Waals surface area (Å²) >= 11 is 0. The van der Waals surface area contributed by atoms with Crippen LogP contribution in [0.15, 0.2) is 97.8 Å². The Kier molecular flexibility index (Phi) is 7.80. The van der Waals surface area contributed by atoms with Gasteiger partial charge in [0.15, 0.2) is 0 Å². The van der Waals surface area contributed by atoms with Crippen LogP contribution in [-0.4, -0.2) is 19.1 Å². The quantitative estimate of drug-likeness (QED) is 0.220. The summed E-state index contributed by atoms with van der Waals surface area (Å²) in [6.45, 7) is 1.60. The second-order valence-electron chi connectivity index (χ2n) is 8.26. The van der Waals surface area contributed by atoms with Crippen LogP contribution in [0, 0.1) is 12.7 Å².